The Hall–Kier alpha value is -0.850. The van der Waals surface area contributed by atoms with Crippen molar-refractivity contribution < 1.29 is 8.42 Å². The molecule has 0 spiro atoms. The van der Waals surface area contributed by atoms with Gasteiger partial charge in [0.1, 0.15) is 0 Å². The van der Waals surface area contributed by atoms with Crippen molar-refractivity contribution >= 4 is 47.4 Å². The molecule has 2 aromatic rings. The first kappa shape index (κ1) is 14.6. The third-order valence-electron chi connectivity index (χ3n) is 2.63. The van der Waals surface area contributed by atoms with E-state index in [9.17, 15) is 8.42 Å². The zero-order chi connectivity index (χ0) is 14.0. The lowest BCUT2D eigenvalue weighted by atomic mass is 10.2. The van der Waals surface area contributed by atoms with Crippen LogP contribution in [0.1, 0.15) is 5.56 Å². The summed E-state index contributed by atoms with van der Waals surface area (Å²) in [6.07, 6.45) is 0. The zero-order valence-corrected chi connectivity index (χ0v) is 13.8. The Morgan fingerprint density at radius 3 is 2.26 bits per heavy atom. The van der Waals surface area contributed by atoms with Crippen molar-refractivity contribution in [3.63, 3.8) is 0 Å². The van der Waals surface area contributed by atoms with Crippen LogP contribution >= 0.6 is 31.9 Å². The lowest BCUT2D eigenvalue weighted by Crippen LogP contribution is -2.06. The van der Waals surface area contributed by atoms with E-state index in [1.807, 2.05) is 0 Å². The van der Waals surface area contributed by atoms with Gasteiger partial charge in [0.15, 0.2) is 9.84 Å². The van der Waals surface area contributed by atoms with E-state index >= 15 is 0 Å². The topological polar surface area (TPSA) is 60.2 Å². The number of anilines is 1. The zero-order valence-electron chi connectivity index (χ0n) is 9.81. The molecule has 0 aliphatic heterocycles. The maximum Gasteiger partial charge on any atom is 0.182 e. The van der Waals surface area contributed by atoms with Crippen molar-refractivity contribution in [1.82, 2.24) is 0 Å². The van der Waals surface area contributed by atoms with E-state index in [2.05, 4.69) is 31.9 Å². The summed E-state index contributed by atoms with van der Waals surface area (Å²) in [5.41, 5.74) is 6.94. The van der Waals surface area contributed by atoms with Crippen molar-refractivity contribution in [1.29, 1.82) is 0 Å². The molecule has 0 aliphatic rings. The molecule has 0 atom stereocenters. The predicted molar refractivity (Wildman–Crippen MR) is 83.6 cm³/mol. The molecule has 2 rings (SSSR count). The van der Waals surface area contributed by atoms with E-state index in [1.54, 1.807) is 42.5 Å². The van der Waals surface area contributed by atoms with Crippen LogP contribution in [0.5, 0.6) is 0 Å². The summed E-state index contributed by atoms with van der Waals surface area (Å²) in [6, 6.07) is 11.8. The Balaban J connectivity index is 2.36. The van der Waals surface area contributed by atoms with E-state index in [0.29, 0.717) is 20.6 Å². The molecular formula is C13H11Br2NO2S. The lowest BCUT2D eigenvalue weighted by Gasteiger charge is -2.08. The van der Waals surface area contributed by atoms with Crippen LogP contribution in [-0.4, -0.2) is 8.42 Å². The number of halogens is 2. The Morgan fingerprint density at radius 2 is 1.63 bits per heavy atom. The number of hydrogen-bond donors (Lipinski definition) is 1. The van der Waals surface area contributed by atoms with Crippen LogP contribution in [-0.2, 0) is 15.6 Å². The molecule has 2 aromatic carbocycles. The van der Waals surface area contributed by atoms with Crippen molar-refractivity contribution in [2.24, 2.45) is 0 Å². The highest BCUT2D eigenvalue weighted by Gasteiger charge is 2.17. The molecular weight excluding hydrogens is 394 g/mol. The van der Waals surface area contributed by atoms with Crippen LogP contribution in [0, 0.1) is 0 Å². The van der Waals surface area contributed by atoms with Gasteiger partial charge >= 0.3 is 0 Å². The first-order valence-electron chi connectivity index (χ1n) is 5.41. The average molecular weight is 405 g/mol. The Morgan fingerprint density at radius 1 is 1.00 bits per heavy atom. The van der Waals surface area contributed by atoms with Gasteiger partial charge in [-0.1, -0.05) is 28.1 Å². The second kappa shape index (κ2) is 5.64. The van der Waals surface area contributed by atoms with Gasteiger partial charge in [-0.15, -0.1) is 0 Å². The summed E-state index contributed by atoms with van der Waals surface area (Å²) in [4.78, 5) is 0.296. The van der Waals surface area contributed by atoms with Gasteiger partial charge in [-0.05, 0) is 51.8 Å². The molecule has 0 saturated carbocycles. The second-order valence-electron chi connectivity index (χ2n) is 4.03. The van der Waals surface area contributed by atoms with Crippen LogP contribution in [0.4, 0.5) is 5.69 Å². The Labute approximate surface area is 129 Å². The van der Waals surface area contributed by atoms with E-state index in [4.69, 9.17) is 5.73 Å². The molecule has 0 amide bonds. The molecule has 0 aromatic heterocycles. The van der Waals surface area contributed by atoms with Crippen molar-refractivity contribution in [2.45, 2.75) is 10.6 Å². The fourth-order valence-corrected chi connectivity index (χ4v) is 3.86. The maximum atomic E-state index is 12.3. The predicted octanol–water partition coefficient (Wildman–Crippen LogP) is 3.77. The first-order valence-corrected chi connectivity index (χ1v) is 8.65. The molecule has 0 bridgehead atoms. The van der Waals surface area contributed by atoms with Gasteiger partial charge in [-0.25, -0.2) is 8.42 Å². The fourth-order valence-electron chi connectivity index (χ4n) is 1.64. The largest absolute Gasteiger partial charge is 0.398 e. The fraction of sp³-hybridized carbons (Fsp3) is 0.0769. The van der Waals surface area contributed by atoms with Crippen LogP contribution < -0.4 is 5.73 Å². The van der Waals surface area contributed by atoms with Gasteiger partial charge in [-0.3, -0.25) is 0 Å². The standard InChI is InChI=1S/C13H11Br2NO2S/c14-10-4-6-11(7-5-10)19(17,18)8-9-2-1-3-12(16)13(9)15/h1-7H,8,16H2. The van der Waals surface area contributed by atoms with E-state index in [1.165, 1.54) is 0 Å². The smallest absolute Gasteiger partial charge is 0.182 e. The quantitative estimate of drug-likeness (QED) is 0.792. The third kappa shape index (κ3) is 3.38. The molecule has 0 radical (unpaired) electrons. The molecule has 0 aliphatic carbocycles. The monoisotopic (exact) mass is 403 g/mol. The van der Waals surface area contributed by atoms with E-state index in [0.717, 1.165) is 4.47 Å². The minimum atomic E-state index is -3.38. The molecule has 0 heterocycles. The number of nitrogen functional groups attached to an aromatic ring is 1. The Kier molecular flexibility index (Phi) is 4.32. The molecule has 100 valence electrons. The number of rotatable bonds is 3. The van der Waals surface area contributed by atoms with Gasteiger partial charge in [-0.2, -0.15) is 0 Å². The van der Waals surface area contributed by atoms with Gasteiger partial charge < -0.3 is 5.73 Å². The van der Waals surface area contributed by atoms with Crippen LogP contribution in [0.25, 0.3) is 0 Å². The maximum absolute atomic E-state index is 12.3. The van der Waals surface area contributed by atoms with Gasteiger partial charge in [0.2, 0.25) is 0 Å². The Bertz CT molecular complexity index is 697. The summed E-state index contributed by atoms with van der Waals surface area (Å²) in [6.45, 7) is 0. The molecule has 0 saturated heterocycles. The minimum absolute atomic E-state index is 0.0831. The lowest BCUT2D eigenvalue weighted by molar-refractivity contribution is 0.595. The third-order valence-corrected chi connectivity index (χ3v) is 5.80. The highest BCUT2D eigenvalue weighted by molar-refractivity contribution is 9.11. The van der Waals surface area contributed by atoms with Crippen LogP contribution in [0.15, 0.2) is 56.3 Å². The van der Waals surface area contributed by atoms with Gasteiger partial charge in [0, 0.05) is 14.6 Å². The number of sulfone groups is 1. The van der Waals surface area contributed by atoms with Crippen molar-refractivity contribution in [2.75, 3.05) is 5.73 Å². The van der Waals surface area contributed by atoms with E-state index < -0.39 is 9.84 Å². The van der Waals surface area contributed by atoms with Crippen molar-refractivity contribution in [3.05, 3.63) is 57.0 Å². The minimum Gasteiger partial charge on any atom is -0.398 e. The van der Waals surface area contributed by atoms with Crippen molar-refractivity contribution in [3.8, 4) is 0 Å². The highest BCUT2D eigenvalue weighted by Crippen LogP contribution is 2.27. The molecule has 0 unspecified atom stereocenters. The van der Waals surface area contributed by atoms with Crippen LogP contribution in [0.2, 0.25) is 0 Å². The summed E-state index contributed by atoms with van der Waals surface area (Å²) >= 11 is 6.60. The molecule has 2 N–H and O–H groups in total. The van der Waals surface area contributed by atoms with Gasteiger partial charge in [0.05, 0.1) is 10.6 Å². The first-order chi connectivity index (χ1) is 8.90. The molecule has 3 nitrogen and oxygen atoms in total. The summed E-state index contributed by atoms with van der Waals surface area (Å²) in [7, 11) is -3.38. The molecule has 19 heavy (non-hydrogen) atoms. The average Bonchev–Trinajstić information content (AvgIpc) is 2.35. The normalized spacial score (nSPS) is 11.5. The summed E-state index contributed by atoms with van der Waals surface area (Å²) < 4.78 is 26.1. The van der Waals surface area contributed by atoms with E-state index in [-0.39, 0.29) is 5.75 Å². The second-order valence-corrected chi connectivity index (χ2v) is 7.73. The molecule has 0 fully saturated rings. The number of benzene rings is 2. The summed E-state index contributed by atoms with van der Waals surface area (Å²) in [5, 5.41) is 0. The summed E-state index contributed by atoms with van der Waals surface area (Å²) in [5.74, 6) is -0.0831. The highest BCUT2D eigenvalue weighted by atomic mass is 79.9. The van der Waals surface area contributed by atoms with Gasteiger partial charge in [0.25, 0.3) is 0 Å². The number of hydrogen-bond acceptors (Lipinski definition) is 3. The SMILES string of the molecule is Nc1cccc(CS(=O)(=O)c2ccc(Br)cc2)c1Br. The number of nitrogens with two attached hydrogens (primary N) is 1. The molecule has 6 heteroatoms. The van der Waals surface area contributed by atoms with Crippen LogP contribution in [0.3, 0.4) is 0 Å².